The first-order valence-electron chi connectivity index (χ1n) is 8.63. The van der Waals surface area contributed by atoms with Crippen LogP contribution in [-0.4, -0.2) is 6.04 Å². The zero-order valence-corrected chi connectivity index (χ0v) is 13.0. The summed E-state index contributed by atoms with van der Waals surface area (Å²) in [6.07, 6.45) is 14.1. The van der Waals surface area contributed by atoms with Gasteiger partial charge >= 0.3 is 0 Å². The van der Waals surface area contributed by atoms with Crippen LogP contribution in [0.1, 0.15) is 68.4 Å². The molecule has 0 spiro atoms. The molecule has 21 heavy (non-hydrogen) atoms. The number of hydrogen-bond donors (Lipinski definition) is 2. The molecule has 2 atom stereocenters. The minimum atomic E-state index is 0.324. The SMILES string of the molecule is NNC(/C1=C/CCCCCC1)C1CCCc2ccccc21. The number of hydrogen-bond acceptors (Lipinski definition) is 2. The molecular formula is C19H28N2. The smallest absolute Gasteiger partial charge is 0.0488 e. The lowest BCUT2D eigenvalue weighted by atomic mass is 9.75. The van der Waals surface area contributed by atoms with Crippen molar-refractivity contribution in [2.45, 2.75) is 69.7 Å². The molecule has 2 aliphatic carbocycles. The molecule has 0 aliphatic heterocycles. The van der Waals surface area contributed by atoms with E-state index in [1.165, 1.54) is 68.9 Å². The minimum absolute atomic E-state index is 0.324. The molecule has 3 rings (SSSR count). The highest BCUT2D eigenvalue weighted by molar-refractivity contribution is 5.36. The zero-order valence-electron chi connectivity index (χ0n) is 13.0. The van der Waals surface area contributed by atoms with E-state index in [9.17, 15) is 0 Å². The Kier molecular flexibility index (Phi) is 5.10. The van der Waals surface area contributed by atoms with Gasteiger partial charge in [-0.3, -0.25) is 11.3 Å². The van der Waals surface area contributed by atoms with E-state index >= 15 is 0 Å². The van der Waals surface area contributed by atoms with Gasteiger partial charge in [0.2, 0.25) is 0 Å². The van der Waals surface area contributed by atoms with Gasteiger partial charge in [0, 0.05) is 12.0 Å². The molecule has 3 N–H and O–H groups in total. The van der Waals surface area contributed by atoms with Crippen LogP contribution in [0.5, 0.6) is 0 Å². The quantitative estimate of drug-likeness (QED) is 0.495. The molecular weight excluding hydrogens is 256 g/mol. The number of nitrogens with one attached hydrogen (secondary N) is 1. The molecule has 0 saturated heterocycles. The number of nitrogens with two attached hydrogens (primary N) is 1. The van der Waals surface area contributed by atoms with Crippen LogP contribution in [0.3, 0.4) is 0 Å². The molecule has 2 aliphatic rings. The van der Waals surface area contributed by atoms with Crippen LogP contribution >= 0.6 is 0 Å². The molecule has 114 valence electrons. The Bertz CT molecular complexity index is 492. The van der Waals surface area contributed by atoms with E-state index in [1.807, 2.05) is 0 Å². The molecule has 2 unspecified atom stereocenters. The summed E-state index contributed by atoms with van der Waals surface area (Å²) in [7, 11) is 0. The lowest BCUT2D eigenvalue weighted by Crippen LogP contribution is -2.42. The Morgan fingerprint density at radius 1 is 1.00 bits per heavy atom. The van der Waals surface area contributed by atoms with Crippen LogP contribution in [-0.2, 0) is 6.42 Å². The molecule has 2 heteroatoms. The van der Waals surface area contributed by atoms with Crippen molar-refractivity contribution >= 4 is 0 Å². The number of rotatable bonds is 3. The largest absolute Gasteiger partial charge is 0.271 e. The van der Waals surface area contributed by atoms with Crippen molar-refractivity contribution in [2.75, 3.05) is 0 Å². The lowest BCUT2D eigenvalue weighted by Gasteiger charge is -2.34. The third-order valence-corrected chi connectivity index (χ3v) is 5.22. The Labute approximate surface area is 128 Å². The second kappa shape index (κ2) is 7.24. The van der Waals surface area contributed by atoms with E-state index < -0.39 is 0 Å². The second-order valence-corrected chi connectivity index (χ2v) is 6.57. The molecule has 0 saturated carbocycles. The van der Waals surface area contributed by atoms with Gasteiger partial charge in [-0.25, -0.2) is 0 Å². The molecule has 0 bridgehead atoms. The van der Waals surface area contributed by atoms with E-state index in [0.29, 0.717) is 12.0 Å². The zero-order chi connectivity index (χ0) is 14.5. The summed E-state index contributed by atoms with van der Waals surface area (Å²) in [6.45, 7) is 0. The van der Waals surface area contributed by atoms with Gasteiger partial charge in [-0.2, -0.15) is 0 Å². The molecule has 0 radical (unpaired) electrons. The summed E-state index contributed by atoms with van der Waals surface area (Å²) < 4.78 is 0. The maximum absolute atomic E-state index is 5.99. The monoisotopic (exact) mass is 284 g/mol. The Balaban J connectivity index is 1.86. The standard InChI is InChI=1S/C19H28N2/c20-21-19(16-10-4-2-1-3-5-11-16)18-14-8-12-15-9-6-7-13-17(15)18/h6-7,9-10,13,18-19,21H,1-5,8,11-12,14,20H2/b16-10+. The van der Waals surface area contributed by atoms with Crippen molar-refractivity contribution in [2.24, 2.45) is 5.84 Å². The number of hydrazine groups is 1. The van der Waals surface area contributed by atoms with E-state index in [0.717, 1.165) is 0 Å². The van der Waals surface area contributed by atoms with Gasteiger partial charge in [-0.15, -0.1) is 0 Å². The van der Waals surface area contributed by atoms with E-state index in [-0.39, 0.29) is 0 Å². The van der Waals surface area contributed by atoms with Crippen LogP contribution in [0.25, 0.3) is 0 Å². The van der Waals surface area contributed by atoms with Crippen LogP contribution in [0.15, 0.2) is 35.9 Å². The number of allylic oxidation sites excluding steroid dienone is 1. The summed E-state index contributed by atoms with van der Waals surface area (Å²) in [4.78, 5) is 0. The van der Waals surface area contributed by atoms with Crippen LogP contribution < -0.4 is 11.3 Å². The first kappa shape index (κ1) is 14.8. The average Bonchev–Trinajstić information content (AvgIpc) is 2.50. The van der Waals surface area contributed by atoms with Gasteiger partial charge in [-0.1, -0.05) is 48.8 Å². The minimum Gasteiger partial charge on any atom is -0.271 e. The van der Waals surface area contributed by atoms with Crippen molar-refractivity contribution in [1.82, 2.24) is 5.43 Å². The van der Waals surface area contributed by atoms with Gasteiger partial charge in [0.1, 0.15) is 0 Å². The molecule has 0 amide bonds. The molecule has 2 nitrogen and oxygen atoms in total. The summed E-state index contributed by atoms with van der Waals surface area (Å²) in [5, 5.41) is 0. The lowest BCUT2D eigenvalue weighted by molar-refractivity contribution is 0.421. The number of fused-ring (bicyclic) bond motifs is 1. The Morgan fingerprint density at radius 3 is 2.76 bits per heavy atom. The normalized spacial score (nSPS) is 26.9. The second-order valence-electron chi connectivity index (χ2n) is 6.57. The highest BCUT2D eigenvalue weighted by Crippen LogP contribution is 2.37. The van der Waals surface area contributed by atoms with Gasteiger partial charge in [0.25, 0.3) is 0 Å². The molecule has 0 fully saturated rings. The molecule has 1 aromatic carbocycles. The third-order valence-electron chi connectivity index (χ3n) is 5.22. The van der Waals surface area contributed by atoms with Crippen LogP contribution in [0.2, 0.25) is 0 Å². The predicted molar refractivity (Wildman–Crippen MR) is 89.0 cm³/mol. The van der Waals surface area contributed by atoms with Crippen molar-refractivity contribution in [3.8, 4) is 0 Å². The molecule has 0 aromatic heterocycles. The van der Waals surface area contributed by atoms with Gasteiger partial charge in [0.05, 0.1) is 0 Å². The number of benzene rings is 1. The summed E-state index contributed by atoms with van der Waals surface area (Å²) in [6, 6.07) is 9.28. The predicted octanol–water partition coefficient (Wildman–Crippen LogP) is 4.22. The van der Waals surface area contributed by atoms with Crippen molar-refractivity contribution in [3.63, 3.8) is 0 Å². The first-order valence-corrected chi connectivity index (χ1v) is 8.63. The summed E-state index contributed by atoms with van der Waals surface area (Å²) >= 11 is 0. The van der Waals surface area contributed by atoms with E-state index in [2.05, 4.69) is 35.8 Å². The fraction of sp³-hybridized carbons (Fsp3) is 0.579. The third kappa shape index (κ3) is 3.38. The van der Waals surface area contributed by atoms with Gasteiger partial charge in [-0.05, 0) is 56.1 Å². The van der Waals surface area contributed by atoms with Gasteiger partial charge in [0.15, 0.2) is 0 Å². The summed E-state index contributed by atoms with van der Waals surface area (Å²) in [5.41, 5.74) is 7.77. The number of aryl methyl sites for hydroxylation is 1. The summed E-state index contributed by atoms with van der Waals surface area (Å²) in [5.74, 6) is 6.54. The Morgan fingerprint density at radius 2 is 1.86 bits per heavy atom. The van der Waals surface area contributed by atoms with E-state index in [1.54, 1.807) is 5.57 Å². The van der Waals surface area contributed by atoms with Crippen molar-refractivity contribution in [3.05, 3.63) is 47.0 Å². The fourth-order valence-electron chi connectivity index (χ4n) is 4.12. The highest BCUT2D eigenvalue weighted by Gasteiger charge is 2.29. The molecule has 0 heterocycles. The van der Waals surface area contributed by atoms with Crippen LogP contribution in [0, 0.1) is 0 Å². The van der Waals surface area contributed by atoms with Crippen molar-refractivity contribution < 1.29 is 0 Å². The van der Waals surface area contributed by atoms with E-state index in [4.69, 9.17) is 5.84 Å². The molecule has 1 aromatic rings. The fourth-order valence-corrected chi connectivity index (χ4v) is 4.12. The first-order chi connectivity index (χ1) is 10.4. The maximum Gasteiger partial charge on any atom is 0.0488 e. The maximum atomic E-state index is 5.99. The topological polar surface area (TPSA) is 38.0 Å². The van der Waals surface area contributed by atoms with Gasteiger partial charge < -0.3 is 0 Å². The average molecular weight is 284 g/mol. The highest BCUT2D eigenvalue weighted by atomic mass is 15.2. The Hall–Kier alpha value is -1.12. The van der Waals surface area contributed by atoms with Crippen LogP contribution in [0.4, 0.5) is 0 Å². The van der Waals surface area contributed by atoms with Crippen molar-refractivity contribution in [1.29, 1.82) is 0 Å².